The maximum absolute atomic E-state index is 12.2. The monoisotopic (exact) mass is 255 g/mol. The van der Waals surface area contributed by atoms with E-state index in [1.165, 1.54) is 22.8 Å². The van der Waals surface area contributed by atoms with E-state index >= 15 is 0 Å². The van der Waals surface area contributed by atoms with Crippen molar-refractivity contribution < 1.29 is 12.8 Å². The second kappa shape index (κ2) is 4.72. The highest BCUT2D eigenvalue weighted by atomic mass is 32.2. The standard InChI is InChI=1S/C10H13N3O3S/c1-2-13(8-9-4-3-7-16-9)17(14,15)10-5-6-11-12-10/h3-7H,2,8H2,1H3,(H,11,12). The van der Waals surface area contributed by atoms with Crippen LogP contribution in [0.25, 0.3) is 0 Å². The maximum atomic E-state index is 12.2. The molecule has 6 nitrogen and oxygen atoms in total. The first kappa shape index (κ1) is 11.9. The van der Waals surface area contributed by atoms with Crippen molar-refractivity contribution in [2.24, 2.45) is 0 Å². The highest BCUT2D eigenvalue weighted by Gasteiger charge is 2.25. The van der Waals surface area contributed by atoms with Gasteiger partial charge in [-0.1, -0.05) is 6.92 Å². The van der Waals surface area contributed by atoms with Crippen molar-refractivity contribution in [1.82, 2.24) is 14.5 Å². The lowest BCUT2D eigenvalue weighted by atomic mass is 10.4. The van der Waals surface area contributed by atoms with E-state index in [1.807, 2.05) is 0 Å². The van der Waals surface area contributed by atoms with Crippen LogP contribution >= 0.6 is 0 Å². The van der Waals surface area contributed by atoms with Gasteiger partial charge in [0.1, 0.15) is 5.76 Å². The first-order valence-electron chi connectivity index (χ1n) is 5.16. The van der Waals surface area contributed by atoms with E-state index in [0.717, 1.165) is 0 Å². The van der Waals surface area contributed by atoms with E-state index in [1.54, 1.807) is 19.1 Å². The molecule has 0 aliphatic heterocycles. The molecule has 2 aromatic heterocycles. The number of furan rings is 1. The van der Waals surface area contributed by atoms with Gasteiger partial charge in [0.15, 0.2) is 5.03 Å². The quantitative estimate of drug-likeness (QED) is 0.871. The van der Waals surface area contributed by atoms with Crippen molar-refractivity contribution in [1.29, 1.82) is 0 Å². The molecule has 2 rings (SSSR count). The van der Waals surface area contributed by atoms with Gasteiger partial charge in [-0.25, -0.2) is 8.42 Å². The number of nitrogens with one attached hydrogen (secondary N) is 1. The average molecular weight is 255 g/mol. The Kier molecular flexibility index (Phi) is 3.30. The fraction of sp³-hybridized carbons (Fsp3) is 0.300. The van der Waals surface area contributed by atoms with Crippen molar-refractivity contribution in [3.63, 3.8) is 0 Å². The molecule has 2 aromatic rings. The lowest BCUT2D eigenvalue weighted by Crippen LogP contribution is -2.30. The number of nitrogens with zero attached hydrogens (tertiary/aromatic N) is 2. The van der Waals surface area contributed by atoms with Gasteiger partial charge in [-0.3, -0.25) is 5.10 Å². The number of aromatic amines is 1. The second-order valence-corrected chi connectivity index (χ2v) is 5.34. The number of aromatic nitrogens is 2. The Morgan fingerprint density at radius 3 is 2.82 bits per heavy atom. The fourth-order valence-corrected chi connectivity index (χ4v) is 2.79. The molecule has 0 radical (unpaired) electrons. The van der Waals surface area contributed by atoms with Crippen LogP contribution in [-0.4, -0.2) is 29.5 Å². The van der Waals surface area contributed by atoms with Crippen molar-refractivity contribution in [3.05, 3.63) is 36.4 Å². The highest BCUT2D eigenvalue weighted by molar-refractivity contribution is 7.89. The summed E-state index contributed by atoms with van der Waals surface area (Å²) in [5.74, 6) is 0.606. The van der Waals surface area contributed by atoms with Crippen molar-refractivity contribution in [2.45, 2.75) is 18.5 Å². The van der Waals surface area contributed by atoms with E-state index < -0.39 is 10.0 Å². The smallest absolute Gasteiger partial charge is 0.260 e. The zero-order valence-corrected chi connectivity index (χ0v) is 10.1. The van der Waals surface area contributed by atoms with Gasteiger partial charge in [-0.15, -0.1) is 0 Å². The van der Waals surface area contributed by atoms with Crippen molar-refractivity contribution in [2.75, 3.05) is 6.54 Å². The Morgan fingerprint density at radius 1 is 1.47 bits per heavy atom. The molecule has 2 heterocycles. The number of hydrogen-bond donors (Lipinski definition) is 1. The maximum Gasteiger partial charge on any atom is 0.260 e. The van der Waals surface area contributed by atoms with Gasteiger partial charge >= 0.3 is 0 Å². The summed E-state index contributed by atoms with van der Waals surface area (Å²) in [5, 5.41) is 6.20. The summed E-state index contributed by atoms with van der Waals surface area (Å²) in [6, 6.07) is 4.90. The van der Waals surface area contributed by atoms with Crippen LogP contribution in [0.15, 0.2) is 40.1 Å². The summed E-state index contributed by atoms with van der Waals surface area (Å²) in [7, 11) is -3.53. The summed E-state index contributed by atoms with van der Waals surface area (Å²) in [4.78, 5) is 0. The van der Waals surface area contributed by atoms with E-state index in [2.05, 4.69) is 10.2 Å². The van der Waals surface area contributed by atoms with Crippen LogP contribution in [0.4, 0.5) is 0 Å². The minimum Gasteiger partial charge on any atom is -0.468 e. The first-order chi connectivity index (χ1) is 8.14. The third-order valence-electron chi connectivity index (χ3n) is 2.36. The minimum absolute atomic E-state index is 0.0888. The molecule has 0 aliphatic rings. The van der Waals surface area contributed by atoms with E-state index in [0.29, 0.717) is 12.3 Å². The predicted octanol–water partition coefficient (Wildman–Crippen LogP) is 1.21. The van der Waals surface area contributed by atoms with Crippen LogP contribution in [0.5, 0.6) is 0 Å². The molecule has 1 N–H and O–H groups in total. The Morgan fingerprint density at radius 2 is 2.29 bits per heavy atom. The van der Waals surface area contributed by atoms with Gasteiger partial charge in [0, 0.05) is 6.54 Å². The molecule has 17 heavy (non-hydrogen) atoms. The van der Waals surface area contributed by atoms with Crippen molar-refractivity contribution >= 4 is 10.0 Å². The molecule has 0 aliphatic carbocycles. The van der Waals surface area contributed by atoms with Gasteiger partial charge in [0.25, 0.3) is 10.0 Å². The summed E-state index contributed by atoms with van der Waals surface area (Å²) >= 11 is 0. The Labute approximate surface area is 99.3 Å². The average Bonchev–Trinajstić information content (AvgIpc) is 2.98. The summed E-state index contributed by atoms with van der Waals surface area (Å²) in [6.07, 6.45) is 2.93. The number of rotatable bonds is 5. The van der Waals surface area contributed by atoms with Gasteiger partial charge in [0.2, 0.25) is 0 Å². The topological polar surface area (TPSA) is 79.2 Å². The van der Waals surface area contributed by atoms with Crippen LogP contribution < -0.4 is 0 Å². The molecule has 0 aromatic carbocycles. The molecule has 0 atom stereocenters. The van der Waals surface area contributed by atoms with Gasteiger partial charge in [-0.2, -0.15) is 9.40 Å². The predicted molar refractivity (Wildman–Crippen MR) is 60.6 cm³/mol. The van der Waals surface area contributed by atoms with Gasteiger partial charge in [-0.05, 0) is 18.2 Å². The molecule has 0 saturated heterocycles. The molecule has 92 valence electrons. The van der Waals surface area contributed by atoms with Crippen LogP contribution in [0.2, 0.25) is 0 Å². The van der Waals surface area contributed by atoms with Crippen LogP contribution in [0, 0.1) is 0 Å². The van der Waals surface area contributed by atoms with E-state index in [9.17, 15) is 8.42 Å². The van der Waals surface area contributed by atoms with Crippen LogP contribution in [-0.2, 0) is 16.6 Å². The molecule has 0 bridgehead atoms. The molecular formula is C10H13N3O3S. The largest absolute Gasteiger partial charge is 0.468 e. The van der Waals surface area contributed by atoms with E-state index in [4.69, 9.17) is 4.42 Å². The summed E-state index contributed by atoms with van der Waals surface area (Å²) < 4.78 is 30.8. The molecule has 0 spiro atoms. The lowest BCUT2D eigenvalue weighted by molar-refractivity contribution is 0.374. The third kappa shape index (κ3) is 2.40. The molecule has 7 heteroatoms. The first-order valence-corrected chi connectivity index (χ1v) is 6.60. The molecule has 0 amide bonds. The normalized spacial score (nSPS) is 12.1. The van der Waals surface area contributed by atoms with Gasteiger partial charge < -0.3 is 4.42 Å². The number of sulfonamides is 1. The SMILES string of the molecule is CCN(Cc1ccco1)S(=O)(=O)c1ccn[nH]1. The molecule has 0 fully saturated rings. The van der Waals surface area contributed by atoms with Crippen LogP contribution in [0.3, 0.4) is 0 Å². The highest BCUT2D eigenvalue weighted by Crippen LogP contribution is 2.15. The van der Waals surface area contributed by atoms with Crippen molar-refractivity contribution in [3.8, 4) is 0 Å². The second-order valence-electron chi connectivity index (χ2n) is 3.43. The lowest BCUT2D eigenvalue weighted by Gasteiger charge is -2.17. The number of hydrogen-bond acceptors (Lipinski definition) is 4. The molecule has 0 unspecified atom stereocenters. The Balaban J connectivity index is 2.24. The zero-order chi connectivity index (χ0) is 12.3. The molecule has 0 saturated carbocycles. The summed E-state index contributed by atoms with van der Waals surface area (Å²) in [5.41, 5.74) is 0. The Bertz CT molecular complexity index is 546. The van der Waals surface area contributed by atoms with Gasteiger partial charge in [0.05, 0.1) is 19.0 Å². The Hall–Kier alpha value is -1.60. The summed E-state index contributed by atoms with van der Waals surface area (Å²) in [6.45, 7) is 2.35. The number of H-pyrrole nitrogens is 1. The third-order valence-corrected chi connectivity index (χ3v) is 4.21. The fourth-order valence-electron chi connectivity index (χ4n) is 1.47. The van der Waals surface area contributed by atoms with Crippen LogP contribution in [0.1, 0.15) is 12.7 Å². The minimum atomic E-state index is -3.53. The zero-order valence-electron chi connectivity index (χ0n) is 9.33. The van der Waals surface area contributed by atoms with E-state index in [-0.39, 0.29) is 11.6 Å². The molecular weight excluding hydrogens is 242 g/mol.